The van der Waals surface area contributed by atoms with Crippen LogP contribution in [0.5, 0.6) is 0 Å². The molecule has 2 N–H and O–H groups in total. The molecule has 1 heterocycles. The van der Waals surface area contributed by atoms with Crippen molar-refractivity contribution in [2.75, 3.05) is 11.9 Å². The minimum absolute atomic E-state index is 0.179. The smallest absolute Gasteiger partial charge is 0.261 e. The lowest BCUT2D eigenvalue weighted by Crippen LogP contribution is -2.38. The van der Waals surface area contributed by atoms with Gasteiger partial charge in [0.2, 0.25) is 11.8 Å². The van der Waals surface area contributed by atoms with Crippen LogP contribution in [0, 0.1) is 20.8 Å². The zero-order chi connectivity index (χ0) is 20.3. The topological polar surface area (TPSA) is 93.1 Å². The maximum absolute atomic E-state index is 12.6. The molecule has 0 saturated carbocycles. The van der Waals surface area contributed by atoms with Crippen LogP contribution in [0.1, 0.15) is 17.0 Å². The van der Waals surface area contributed by atoms with E-state index in [1.54, 1.807) is 31.2 Å². The first kappa shape index (κ1) is 19.3. The first-order chi connectivity index (χ1) is 13.4. The number of anilines is 1. The predicted octanol–water partition coefficient (Wildman–Crippen LogP) is 2.08. The van der Waals surface area contributed by atoms with E-state index in [0.717, 1.165) is 16.8 Å². The average Bonchev–Trinajstić information content (AvgIpc) is 2.66. The van der Waals surface area contributed by atoms with Crippen LogP contribution >= 0.6 is 0 Å². The molecule has 0 aliphatic rings. The quantitative estimate of drug-likeness (QED) is 0.711. The van der Waals surface area contributed by atoms with Crippen molar-refractivity contribution in [2.45, 2.75) is 27.3 Å². The fraction of sp³-hybridized carbons (Fsp3) is 0.238. The molecule has 0 saturated heterocycles. The second kappa shape index (κ2) is 8.04. The molecule has 0 spiro atoms. The van der Waals surface area contributed by atoms with Gasteiger partial charge in [0.15, 0.2) is 0 Å². The third-order valence-corrected chi connectivity index (χ3v) is 4.55. The van der Waals surface area contributed by atoms with E-state index < -0.39 is 5.91 Å². The molecule has 3 rings (SSSR count). The van der Waals surface area contributed by atoms with E-state index in [2.05, 4.69) is 15.6 Å². The number of nitrogens with zero attached hydrogens (tertiary/aromatic N) is 2. The molecule has 0 unspecified atom stereocenters. The summed E-state index contributed by atoms with van der Waals surface area (Å²) in [5.74, 6) is -0.316. The number of carbonyl (C=O) groups is 2. The Morgan fingerprint density at radius 2 is 1.64 bits per heavy atom. The van der Waals surface area contributed by atoms with Crippen LogP contribution in [-0.4, -0.2) is 27.9 Å². The Bertz CT molecular complexity index is 1100. The summed E-state index contributed by atoms with van der Waals surface area (Å²) in [5, 5.41) is 5.82. The van der Waals surface area contributed by atoms with E-state index in [0.29, 0.717) is 16.7 Å². The molecular formula is C21H22N4O3. The number of benzene rings is 2. The number of carbonyl (C=O) groups excluding carboxylic acids is 2. The second-order valence-corrected chi connectivity index (χ2v) is 6.66. The predicted molar refractivity (Wildman–Crippen MR) is 108 cm³/mol. The Morgan fingerprint density at radius 1 is 0.964 bits per heavy atom. The van der Waals surface area contributed by atoms with E-state index in [4.69, 9.17) is 0 Å². The van der Waals surface area contributed by atoms with Crippen LogP contribution in [0.4, 0.5) is 5.69 Å². The van der Waals surface area contributed by atoms with Gasteiger partial charge < -0.3 is 10.6 Å². The van der Waals surface area contributed by atoms with Gasteiger partial charge in [-0.1, -0.05) is 30.3 Å². The molecule has 3 aromatic rings. The lowest BCUT2D eigenvalue weighted by molar-refractivity contribution is -0.124. The molecule has 2 amide bonds. The van der Waals surface area contributed by atoms with Crippen molar-refractivity contribution in [2.24, 2.45) is 0 Å². The summed E-state index contributed by atoms with van der Waals surface area (Å²) in [6, 6.07) is 12.7. The van der Waals surface area contributed by atoms with Gasteiger partial charge >= 0.3 is 0 Å². The van der Waals surface area contributed by atoms with E-state index in [1.165, 1.54) is 4.57 Å². The van der Waals surface area contributed by atoms with Crippen LogP contribution in [0.3, 0.4) is 0 Å². The summed E-state index contributed by atoms with van der Waals surface area (Å²) < 4.78 is 1.31. The Balaban J connectivity index is 1.66. The Labute approximate surface area is 162 Å². The Morgan fingerprint density at radius 3 is 2.36 bits per heavy atom. The molecule has 7 heteroatoms. The average molecular weight is 378 g/mol. The third-order valence-electron chi connectivity index (χ3n) is 4.55. The van der Waals surface area contributed by atoms with Gasteiger partial charge in [0.25, 0.3) is 5.56 Å². The molecular weight excluding hydrogens is 356 g/mol. The molecule has 0 fully saturated rings. The van der Waals surface area contributed by atoms with Crippen molar-refractivity contribution in [1.29, 1.82) is 0 Å². The fourth-order valence-corrected chi connectivity index (χ4v) is 3.04. The standard InChI is InChI=1S/C21H22N4O3/c1-13-7-6-8-14(2)20(13)24-18(26)11-22-19(27)12-25-15(3)23-17-10-5-4-9-16(17)21(25)28/h4-10H,11-12H2,1-3H3,(H,22,27)(H,24,26). The van der Waals surface area contributed by atoms with Crippen molar-refractivity contribution in [3.8, 4) is 0 Å². The third kappa shape index (κ3) is 4.09. The SMILES string of the molecule is Cc1cccc(C)c1NC(=O)CNC(=O)Cn1c(C)nc2ccccc2c1=O. The van der Waals surface area contributed by atoms with Crippen LogP contribution in [0.25, 0.3) is 10.9 Å². The van der Waals surface area contributed by atoms with E-state index in [-0.39, 0.29) is 24.6 Å². The van der Waals surface area contributed by atoms with Gasteiger partial charge in [-0.25, -0.2) is 4.98 Å². The van der Waals surface area contributed by atoms with Crippen molar-refractivity contribution in [3.63, 3.8) is 0 Å². The molecule has 7 nitrogen and oxygen atoms in total. The maximum atomic E-state index is 12.6. The van der Waals surface area contributed by atoms with Gasteiger partial charge in [0.05, 0.1) is 17.4 Å². The van der Waals surface area contributed by atoms with Gasteiger partial charge in [0.1, 0.15) is 12.4 Å². The summed E-state index contributed by atoms with van der Waals surface area (Å²) in [7, 11) is 0. The zero-order valence-corrected chi connectivity index (χ0v) is 16.1. The van der Waals surface area contributed by atoms with Crippen LogP contribution in [0.15, 0.2) is 47.3 Å². The van der Waals surface area contributed by atoms with Gasteiger partial charge in [0, 0.05) is 5.69 Å². The number of para-hydroxylation sites is 2. The Hall–Kier alpha value is -3.48. The van der Waals surface area contributed by atoms with Crippen molar-refractivity contribution >= 4 is 28.4 Å². The number of hydrogen-bond acceptors (Lipinski definition) is 4. The van der Waals surface area contributed by atoms with Crippen LogP contribution in [-0.2, 0) is 16.1 Å². The number of aryl methyl sites for hydroxylation is 3. The van der Waals surface area contributed by atoms with Gasteiger partial charge in [-0.3, -0.25) is 19.0 Å². The first-order valence-electron chi connectivity index (χ1n) is 8.96. The molecule has 0 aliphatic heterocycles. The number of nitrogens with one attached hydrogen (secondary N) is 2. The summed E-state index contributed by atoms with van der Waals surface area (Å²) in [5.41, 5.74) is 2.95. The molecule has 144 valence electrons. The fourth-order valence-electron chi connectivity index (χ4n) is 3.04. The number of amides is 2. The van der Waals surface area contributed by atoms with E-state index in [1.807, 2.05) is 32.0 Å². The summed E-state index contributed by atoms with van der Waals surface area (Å²) >= 11 is 0. The van der Waals surface area contributed by atoms with Gasteiger partial charge in [-0.05, 0) is 44.0 Å². The van der Waals surface area contributed by atoms with Crippen LogP contribution < -0.4 is 16.2 Å². The van der Waals surface area contributed by atoms with E-state index >= 15 is 0 Å². The molecule has 1 aromatic heterocycles. The molecule has 2 aromatic carbocycles. The highest BCUT2D eigenvalue weighted by Crippen LogP contribution is 2.18. The molecule has 28 heavy (non-hydrogen) atoms. The number of aromatic nitrogens is 2. The highest BCUT2D eigenvalue weighted by atomic mass is 16.2. The van der Waals surface area contributed by atoms with E-state index in [9.17, 15) is 14.4 Å². The number of hydrogen-bond donors (Lipinski definition) is 2. The molecule has 0 bridgehead atoms. The monoisotopic (exact) mass is 378 g/mol. The molecule has 0 aliphatic carbocycles. The lowest BCUT2D eigenvalue weighted by atomic mass is 10.1. The minimum Gasteiger partial charge on any atom is -0.345 e. The lowest BCUT2D eigenvalue weighted by Gasteiger charge is -2.13. The summed E-state index contributed by atoms with van der Waals surface area (Å²) in [6.45, 7) is 5.11. The van der Waals surface area contributed by atoms with Crippen LogP contribution in [0.2, 0.25) is 0 Å². The maximum Gasteiger partial charge on any atom is 0.261 e. The minimum atomic E-state index is -0.432. The first-order valence-corrected chi connectivity index (χ1v) is 8.96. The largest absolute Gasteiger partial charge is 0.345 e. The van der Waals surface area contributed by atoms with Crippen molar-refractivity contribution in [1.82, 2.24) is 14.9 Å². The molecule has 0 atom stereocenters. The zero-order valence-electron chi connectivity index (χ0n) is 16.1. The van der Waals surface area contributed by atoms with Crippen molar-refractivity contribution < 1.29 is 9.59 Å². The van der Waals surface area contributed by atoms with Gasteiger partial charge in [-0.15, -0.1) is 0 Å². The highest BCUT2D eigenvalue weighted by molar-refractivity contribution is 5.95. The number of fused-ring (bicyclic) bond motifs is 1. The summed E-state index contributed by atoms with van der Waals surface area (Å²) in [4.78, 5) is 41.4. The molecule has 0 radical (unpaired) electrons. The number of rotatable bonds is 5. The Kier molecular flexibility index (Phi) is 5.54. The normalized spacial score (nSPS) is 10.7. The van der Waals surface area contributed by atoms with Gasteiger partial charge in [-0.2, -0.15) is 0 Å². The van der Waals surface area contributed by atoms with Crippen molar-refractivity contribution in [3.05, 3.63) is 69.8 Å². The summed E-state index contributed by atoms with van der Waals surface area (Å²) in [6.07, 6.45) is 0. The second-order valence-electron chi connectivity index (χ2n) is 6.66. The highest BCUT2D eigenvalue weighted by Gasteiger charge is 2.13.